The van der Waals surface area contributed by atoms with Crippen LogP contribution >= 0.6 is 0 Å². The molecule has 1 heterocycles. The maximum atomic E-state index is 4.65. The summed E-state index contributed by atoms with van der Waals surface area (Å²) in [5.41, 5.74) is 7.59. The van der Waals surface area contributed by atoms with Crippen LogP contribution in [0.25, 0.3) is 28.1 Å². The summed E-state index contributed by atoms with van der Waals surface area (Å²) in [5.74, 6) is 0.382. The van der Waals surface area contributed by atoms with Gasteiger partial charge in [-0.25, -0.2) is 0 Å². The predicted octanol–water partition coefficient (Wildman–Crippen LogP) is -1.31. The van der Waals surface area contributed by atoms with Gasteiger partial charge in [0.25, 0.3) is 0 Å². The molecule has 1 nitrogen and oxygen atoms in total. The second-order valence-corrected chi connectivity index (χ2v) is 6.88. The first-order chi connectivity index (χ1) is 11.8. The van der Waals surface area contributed by atoms with Gasteiger partial charge in [0.15, 0.2) is 0 Å². The van der Waals surface area contributed by atoms with E-state index in [1.807, 2.05) is 12.3 Å². The minimum absolute atomic E-state index is 0. The number of pyridine rings is 1. The van der Waals surface area contributed by atoms with Crippen LogP contribution in [0.4, 0.5) is 0 Å². The first-order valence-corrected chi connectivity index (χ1v) is 8.71. The molecule has 0 N–H and O–H groups in total. The zero-order chi connectivity index (χ0) is 16.1. The van der Waals surface area contributed by atoms with Gasteiger partial charge in [-0.15, -0.1) is 0 Å². The van der Waals surface area contributed by atoms with Crippen LogP contribution in [-0.4, -0.2) is 4.98 Å². The number of aromatic nitrogens is 1. The van der Waals surface area contributed by atoms with Crippen molar-refractivity contribution < 1.29 is 41.1 Å². The standard InChI is InChI=1S/C22H14N.2ClH.Cr/c1-2-9-17-16(6-1)14-21-18(17)10-4-11-19(21)20-12-3-7-15-8-5-13-23-22(15)20;;;/h1-10,12-14,17H;2*1H;/q;;;+2/p-2. The van der Waals surface area contributed by atoms with Crippen LogP contribution in [0.2, 0.25) is 0 Å². The molecule has 2 aliphatic rings. The molecular formula is C22H14Cl2CrN. The first kappa shape index (κ1) is 19.0. The average molecular weight is 415 g/mol. The third-order valence-corrected chi connectivity index (χ3v) is 5.38. The molecule has 1 atom stereocenters. The Morgan fingerprint density at radius 2 is 1.77 bits per heavy atom. The van der Waals surface area contributed by atoms with Gasteiger partial charge >= 0.3 is 149 Å². The van der Waals surface area contributed by atoms with Crippen molar-refractivity contribution in [2.75, 3.05) is 0 Å². The molecular weight excluding hydrogens is 401 g/mol. The summed E-state index contributed by atoms with van der Waals surface area (Å²) < 4.78 is 1.18. The van der Waals surface area contributed by atoms with E-state index in [4.69, 9.17) is 0 Å². The Morgan fingerprint density at radius 3 is 2.65 bits per heavy atom. The van der Waals surface area contributed by atoms with Crippen LogP contribution in [0.3, 0.4) is 0 Å². The SMILES string of the molecule is [Cl-].[Cl-].[Cr+2][c]1ccc2c(c1-c1cccc3cccnc13)C=C1C=CC=CC12. The van der Waals surface area contributed by atoms with Crippen molar-refractivity contribution in [2.24, 2.45) is 0 Å². The fourth-order valence-corrected chi connectivity index (χ4v) is 4.22. The van der Waals surface area contributed by atoms with Gasteiger partial charge in [-0.2, -0.15) is 0 Å². The van der Waals surface area contributed by atoms with Crippen LogP contribution in [0.1, 0.15) is 17.0 Å². The molecule has 0 fully saturated rings. The van der Waals surface area contributed by atoms with Crippen molar-refractivity contribution in [1.29, 1.82) is 0 Å². The zero-order valence-corrected chi connectivity index (χ0v) is 16.5. The van der Waals surface area contributed by atoms with Crippen LogP contribution in [0, 0.1) is 0 Å². The van der Waals surface area contributed by atoms with Gasteiger partial charge in [-0.05, 0) is 0 Å². The van der Waals surface area contributed by atoms with Crippen molar-refractivity contribution in [1.82, 2.24) is 4.98 Å². The minimum atomic E-state index is 0. The average Bonchev–Trinajstić information content (AvgIpc) is 3.00. The van der Waals surface area contributed by atoms with E-state index in [-0.39, 0.29) is 24.8 Å². The molecule has 0 amide bonds. The third-order valence-electron chi connectivity index (χ3n) is 4.85. The molecule has 0 bridgehead atoms. The van der Waals surface area contributed by atoms with Gasteiger partial charge in [0, 0.05) is 0 Å². The molecule has 2 aliphatic carbocycles. The molecule has 0 saturated carbocycles. The number of para-hydroxylation sites is 1. The van der Waals surface area contributed by atoms with E-state index in [1.165, 1.54) is 37.6 Å². The molecule has 0 aliphatic heterocycles. The molecule has 0 spiro atoms. The summed E-state index contributed by atoms with van der Waals surface area (Å²) >= 11 is 3.25. The van der Waals surface area contributed by atoms with E-state index in [1.54, 1.807) is 0 Å². The fourth-order valence-electron chi connectivity index (χ4n) is 3.77. The van der Waals surface area contributed by atoms with Gasteiger partial charge in [0.05, 0.1) is 0 Å². The summed E-state index contributed by atoms with van der Waals surface area (Å²) in [5, 5.41) is 1.18. The van der Waals surface area contributed by atoms with Gasteiger partial charge in [-0.1, -0.05) is 0 Å². The van der Waals surface area contributed by atoms with Crippen molar-refractivity contribution >= 4 is 21.4 Å². The number of fused-ring (bicyclic) bond motifs is 4. The van der Waals surface area contributed by atoms with Gasteiger partial charge in [-0.3, -0.25) is 0 Å². The van der Waals surface area contributed by atoms with Gasteiger partial charge < -0.3 is 24.8 Å². The molecule has 2 aromatic carbocycles. The Kier molecular flexibility index (Phi) is 5.42. The number of hydrogen-bond donors (Lipinski definition) is 0. The Morgan fingerprint density at radius 1 is 0.923 bits per heavy atom. The number of rotatable bonds is 1. The Labute approximate surface area is 173 Å². The molecule has 26 heavy (non-hydrogen) atoms. The molecule has 1 aromatic heterocycles. The van der Waals surface area contributed by atoms with Crippen LogP contribution in [0.5, 0.6) is 0 Å². The van der Waals surface area contributed by atoms with E-state index in [2.05, 4.69) is 88.1 Å². The number of benzene rings is 2. The molecule has 0 saturated heterocycles. The Bertz CT molecular complexity index is 1080. The number of hydrogen-bond acceptors (Lipinski definition) is 1. The summed E-state index contributed by atoms with van der Waals surface area (Å²) in [7, 11) is 0. The molecule has 5 rings (SSSR count). The Hall–Kier alpha value is -1.82. The normalized spacial score (nSPS) is 16.3. The summed E-state index contributed by atoms with van der Waals surface area (Å²) in [6.07, 6.45) is 13.0. The van der Waals surface area contributed by atoms with E-state index >= 15 is 0 Å². The van der Waals surface area contributed by atoms with E-state index in [9.17, 15) is 0 Å². The number of nitrogens with zero attached hydrogens (tertiary/aromatic N) is 1. The van der Waals surface area contributed by atoms with E-state index in [0.29, 0.717) is 5.92 Å². The van der Waals surface area contributed by atoms with Crippen molar-refractivity contribution in [3.05, 3.63) is 89.7 Å². The summed E-state index contributed by atoms with van der Waals surface area (Å²) in [6, 6.07) is 15.0. The Balaban J connectivity index is 0.000000980. The van der Waals surface area contributed by atoms with Crippen molar-refractivity contribution in [3.63, 3.8) is 0 Å². The van der Waals surface area contributed by atoms with Gasteiger partial charge in [0.2, 0.25) is 0 Å². The second kappa shape index (κ2) is 7.43. The van der Waals surface area contributed by atoms with E-state index in [0.717, 1.165) is 5.52 Å². The molecule has 3 aromatic rings. The number of halogens is 2. The fraction of sp³-hybridized carbons (Fsp3) is 0.0455. The zero-order valence-electron chi connectivity index (χ0n) is 13.7. The summed E-state index contributed by atoms with van der Waals surface area (Å²) in [4.78, 5) is 4.65. The van der Waals surface area contributed by atoms with Crippen LogP contribution < -0.4 is 29.2 Å². The van der Waals surface area contributed by atoms with Crippen molar-refractivity contribution in [3.8, 4) is 11.1 Å². The first-order valence-electron chi connectivity index (χ1n) is 8.07. The monoisotopic (exact) mass is 414 g/mol. The maximum absolute atomic E-state index is 4.65. The molecule has 0 radical (unpaired) electrons. The third kappa shape index (κ3) is 2.84. The van der Waals surface area contributed by atoms with Gasteiger partial charge in [0.1, 0.15) is 0 Å². The quantitative estimate of drug-likeness (QED) is 0.481. The molecule has 127 valence electrons. The topological polar surface area (TPSA) is 12.9 Å². The molecule has 4 heteroatoms. The van der Waals surface area contributed by atoms with E-state index < -0.39 is 0 Å². The number of allylic oxidation sites excluding steroid dienone is 5. The van der Waals surface area contributed by atoms with Crippen molar-refractivity contribution in [2.45, 2.75) is 5.92 Å². The molecule has 1 unspecified atom stereocenters. The van der Waals surface area contributed by atoms with Crippen LogP contribution in [-0.2, 0) is 16.3 Å². The summed E-state index contributed by atoms with van der Waals surface area (Å²) in [6.45, 7) is 0. The predicted molar refractivity (Wildman–Crippen MR) is 95.8 cm³/mol. The van der Waals surface area contributed by atoms with Crippen LogP contribution in [0.15, 0.2) is 78.5 Å². The second-order valence-electron chi connectivity index (χ2n) is 6.19.